The number of carbonyl (C=O) groups excluding carboxylic acids is 1. The fourth-order valence-corrected chi connectivity index (χ4v) is 11.1. The molecule has 14 nitrogen and oxygen atoms in total. The number of nitrogens with zero attached hydrogens (tertiary/aromatic N) is 9. The summed E-state index contributed by atoms with van der Waals surface area (Å²) < 4.78 is 10.0. The van der Waals surface area contributed by atoms with E-state index in [4.69, 9.17) is 0 Å². The molecule has 0 fully saturated rings. The monoisotopic (exact) mass is 821 g/mol. The Balaban J connectivity index is 0.000000148. The number of nitrogens with one attached hydrogen (secondary N) is 2. The Hall–Kier alpha value is -5.30. The highest BCUT2D eigenvalue weighted by Crippen LogP contribution is 2.42. The van der Waals surface area contributed by atoms with Crippen LogP contribution in [0.4, 0.5) is 23.0 Å². The summed E-state index contributed by atoms with van der Waals surface area (Å²) in [6, 6.07) is 12.1. The molecule has 2 aromatic carbocycles. The number of rotatable bonds is 7. The van der Waals surface area contributed by atoms with E-state index in [1.165, 1.54) is 39.1 Å². The van der Waals surface area contributed by atoms with Crippen LogP contribution in [-0.2, 0) is 35.3 Å². The van der Waals surface area contributed by atoms with Gasteiger partial charge in [0.15, 0.2) is 0 Å². The van der Waals surface area contributed by atoms with Crippen molar-refractivity contribution in [1.29, 1.82) is 0 Å². The molecule has 0 radical (unpaired) electrons. The maximum Gasteiger partial charge on any atom is 0.306 e. The lowest BCUT2D eigenvalue weighted by Gasteiger charge is -2.29. The number of anilines is 4. The van der Waals surface area contributed by atoms with Crippen molar-refractivity contribution in [2.45, 2.75) is 58.4 Å². The van der Waals surface area contributed by atoms with Crippen molar-refractivity contribution in [2.75, 3.05) is 17.7 Å². The van der Waals surface area contributed by atoms with Gasteiger partial charge in [-0.15, -0.1) is 32.9 Å². The molecular weight excluding hydrogens is 787 g/mol. The van der Waals surface area contributed by atoms with Crippen LogP contribution in [0.5, 0.6) is 0 Å². The molecule has 2 aliphatic rings. The van der Waals surface area contributed by atoms with Crippen LogP contribution in [-0.4, -0.2) is 74.1 Å². The molecule has 0 saturated carbocycles. The molecule has 0 bridgehead atoms. The van der Waals surface area contributed by atoms with Crippen LogP contribution in [0.2, 0.25) is 0 Å². The standard InChI is InChI=1S/C21H22N6OS2.C17H13N5O2S2/c1-11(2)27(3)21(28)12-4-6-14-16(8-12)29-20-18(14)19(22-10-23-20)24-13-5-7-15-17(9-13)30-26-25-15;23-17(24)8-1-3-10-12(5-8)25-16-14(10)15(18-7-19-16)20-9-2-4-11-13(6-9)26-22-21-11/h5,7,9-12H,4,6,8H2,1-3H3,(H,22,23,24);2,4,6-8H,1,3,5H2,(H,23,24)(H,18,19,20)/t12-;8-/m00/s1. The predicted molar refractivity (Wildman–Crippen MR) is 223 cm³/mol. The van der Waals surface area contributed by atoms with Crippen molar-refractivity contribution in [3.63, 3.8) is 0 Å². The van der Waals surface area contributed by atoms with Crippen LogP contribution in [0.15, 0.2) is 49.1 Å². The second kappa shape index (κ2) is 15.0. The van der Waals surface area contributed by atoms with Gasteiger partial charge in [0.25, 0.3) is 0 Å². The summed E-state index contributed by atoms with van der Waals surface area (Å²) in [6.07, 6.45) is 7.64. The molecule has 18 heteroatoms. The van der Waals surface area contributed by atoms with Gasteiger partial charge >= 0.3 is 5.97 Å². The van der Waals surface area contributed by atoms with Crippen LogP contribution in [0, 0.1) is 11.8 Å². The SMILES string of the molecule is CC(C)N(C)C(=O)[C@H]1CCc2c(sc3ncnc(Nc4ccc5nnsc5c4)c23)C1.O=C(O)[C@H]1CCc2c(sc3ncnc(Nc4ccc5nnsc5c4)c23)C1. The fraction of sp³-hybridized carbons (Fsp3) is 0.316. The quantitative estimate of drug-likeness (QED) is 0.140. The summed E-state index contributed by atoms with van der Waals surface area (Å²) in [6.45, 7) is 4.11. The zero-order chi connectivity index (χ0) is 38.5. The van der Waals surface area contributed by atoms with Crippen molar-refractivity contribution in [2.24, 2.45) is 11.8 Å². The first kappa shape index (κ1) is 36.3. The Morgan fingerprint density at radius 3 is 1.75 bits per heavy atom. The maximum absolute atomic E-state index is 12.8. The smallest absolute Gasteiger partial charge is 0.306 e. The summed E-state index contributed by atoms with van der Waals surface area (Å²) in [5.74, 6) is 0.842. The van der Waals surface area contributed by atoms with E-state index < -0.39 is 5.97 Å². The van der Waals surface area contributed by atoms with Crippen molar-refractivity contribution >= 4 is 121 Å². The number of carbonyl (C=O) groups is 2. The van der Waals surface area contributed by atoms with Crippen molar-refractivity contribution in [3.8, 4) is 0 Å². The molecule has 56 heavy (non-hydrogen) atoms. The van der Waals surface area contributed by atoms with Gasteiger partial charge in [0, 0.05) is 40.1 Å². The average Bonchev–Trinajstić information content (AvgIpc) is 4.01. The van der Waals surface area contributed by atoms with Crippen LogP contribution in [0.25, 0.3) is 40.9 Å². The molecule has 3 N–H and O–H groups in total. The fourth-order valence-electron chi connectivity index (χ4n) is 7.36. The number of carboxylic acids is 1. The topological polar surface area (TPSA) is 185 Å². The number of amides is 1. The van der Waals surface area contributed by atoms with Gasteiger partial charge in [-0.25, -0.2) is 19.9 Å². The molecular formula is C38H35N11O3S4. The normalized spacial score (nSPS) is 16.4. The number of aromatic nitrogens is 8. The number of hydrogen-bond donors (Lipinski definition) is 3. The third kappa shape index (κ3) is 6.90. The Kier molecular flexibility index (Phi) is 9.72. The van der Waals surface area contributed by atoms with Crippen molar-refractivity contribution in [1.82, 2.24) is 44.0 Å². The molecule has 0 spiro atoms. The van der Waals surface area contributed by atoms with Gasteiger partial charge in [-0.2, -0.15) is 0 Å². The number of hydrogen-bond acceptors (Lipinski definition) is 16. The molecule has 0 unspecified atom stereocenters. The largest absolute Gasteiger partial charge is 0.481 e. The Bertz CT molecular complexity index is 2780. The van der Waals surface area contributed by atoms with Gasteiger partial charge in [-0.05, 0) is 123 Å². The highest BCUT2D eigenvalue weighted by molar-refractivity contribution is 7.19. The van der Waals surface area contributed by atoms with Gasteiger partial charge in [-0.3, -0.25) is 9.59 Å². The van der Waals surface area contributed by atoms with Crippen LogP contribution in [0.1, 0.15) is 47.6 Å². The molecule has 8 aromatic rings. The average molecular weight is 822 g/mol. The highest BCUT2D eigenvalue weighted by Gasteiger charge is 2.32. The number of aliphatic carboxylic acids is 1. The number of aryl methyl sites for hydroxylation is 2. The van der Waals surface area contributed by atoms with E-state index in [9.17, 15) is 14.7 Å². The van der Waals surface area contributed by atoms with E-state index in [0.29, 0.717) is 12.8 Å². The number of thiophene rings is 2. The number of benzene rings is 2. The first-order chi connectivity index (χ1) is 27.2. The zero-order valence-corrected chi connectivity index (χ0v) is 33.8. The molecule has 6 heterocycles. The second-order valence-corrected chi connectivity index (χ2v) is 18.0. The van der Waals surface area contributed by atoms with Gasteiger partial charge in [0.1, 0.15) is 45.0 Å². The molecule has 6 aromatic heterocycles. The minimum Gasteiger partial charge on any atom is -0.481 e. The van der Waals surface area contributed by atoms with E-state index in [1.54, 1.807) is 35.3 Å². The molecule has 284 valence electrons. The van der Waals surface area contributed by atoms with Crippen molar-refractivity contribution in [3.05, 3.63) is 69.9 Å². The maximum atomic E-state index is 12.8. The predicted octanol–water partition coefficient (Wildman–Crippen LogP) is 8.04. The van der Waals surface area contributed by atoms with Gasteiger partial charge in [-0.1, -0.05) is 8.98 Å². The van der Waals surface area contributed by atoms with E-state index in [2.05, 4.69) is 63.6 Å². The molecule has 2 aliphatic carbocycles. The second-order valence-electron chi connectivity index (χ2n) is 14.2. The Morgan fingerprint density at radius 1 is 0.750 bits per heavy atom. The first-order valence-corrected chi connectivity index (χ1v) is 21.4. The van der Waals surface area contributed by atoms with Crippen LogP contribution >= 0.6 is 45.7 Å². The third-order valence-corrected chi connectivity index (χ3v) is 14.2. The first-order valence-electron chi connectivity index (χ1n) is 18.2. The van der Waals surface area contributed by atoms with Gasteiger partial charge in [0.2, 0.25) is 5.91 Å². The molecule has 0 saturated heterocycles. The molecule has 10 rings (SSSR count). The molecule has 0 aliphatic heterocycles. The van der Waals surface area contributed by atoms with Gasteiger partial charge < -0.3 is 20.6 Å². The summed E-state index contributed by atoms with van der Waals surface area (Å²) in [5, 5.41) is 26.4. The molecule has 1 amide bonds. The lowest BCUT2D eigenvalue weighted by Crippen LogP contribution is -2.39. The highest BCUT2D eigenvalue weighted by atomic mass is 32.1. The Morgan fingerprint density at radius 2 is 1.25 bits per heavy atom. The zero-order valence-electron chi connectivity index (χ0n) is 30.5. The minimum atomic E-state index is -0.719. The molecule has 2 atom stereocenters. The van der Waals surface area contributed by atoms with E-state index in [-0.39, 0.29) is 23.8 Å². The third-order valence-electron chi connectivity index (χ3n) is 10.5. The van der Waals surface area contributed by atoms with E-state index in [0.717, 1.165) is 94.4 Å². The van der Waals surface area contributed by atoms with Crippen molar-refractivity contribution < 1.29 is 14.7 Å². The number of carboxylic acid groups (broad SMARTS) is 1. The van der Waals surface area contributed by atoms with Gasteiger partial charge in [0.05, 0.1) is 26.1 Å². The van der Waals surface area contributed by atoms with Crippen LogP contribution < -0.4 is 10.6 Å². The summed E-state index contributed by atoms with van der Waals surface area (Å²) in [5.41, 5.74) is 6.12. The summed E-state index contributed by atoms with van der Waals surface area (Å²) in [4.78, 5) is 48.2. The summed E-state index contributed by atoms with van der Waals surface area (Å²) >= 11 is 6.00. The number of fused-ring (bicyclic) bond motifs is 8. The Labute approximate surface area is 336 Å². The minimum absolute atomic E-state index is 0.0450. The lowest BCUT2D eigenvalue weighted by atomic mass is 9.86. The van der Waals surface area contributed by atoms with E-state index >= 15 is 0 Å². The lowest BCUT2D eigenvalue weighted by molar-refractivity contribution is -0.142. The van der Waals surface area contributed by atoms with E-state index in [1.807, 2.05) is 48.3 Å². The summed E-state index contributed by atoms with van der Waals surface area (Å²) in [7, 11) is 1.90. The van der Waals surface area contributed by atoms with Crippen LogP contribution in [0.3, 0.4) is 0 Å².